The molecule has 1 aliphatic heterocycles. The summed E-state index contributed by atoms with van der Waals surface area (Å²) in [4.78, 5) is 18.9. The standard InChI is InChI=1S/C42H58N4O6/c1-28(2)32-12-14-38(48)42(26-30-11-13-35(47)36(23-30)51-6)17-7-9-33(42)10-8-19-45-40(44-4)46-34-22-31(21-32)24-37(39(34)49)52-41(27-43-3)18-15-29(25-41)16-20-50-5/h11-14,22-24,28-29,32-33,43,47,49H,7,9-10,15-18,20-21,25-27H2,1-6H3,(H2,44,45,46)/t29-,32-,33+,41+,42+/m1/s1. The molecule has 2 saturated carbocycles. The average Bonchev–Trinajstić information content (AvgIpc) is 3.73. The summed E-state index contributed by atoms with van der Waals surface area (Å²) in [5.74, 6) is 5.51. The zero-order valence-corrected chi connectivity index (χ0v) is 31.8. The lowest BCUT2D eigenvalue weighted by atomic mass is 9.68. The smallest absolute Gasteiger partial charge is 0.207 e. The molecule has 2 aliphatic carbocycles. The molecule has 3 aliphatic rings. The summed E-state index contributed by atoms with van der Waals surface area (Å²) in [6.45, 7) is 5.71. The van der Waals surface area contributed by atoms with Gasteiger partial charge in [-0.3, -0.25) is 15.1 Å². The number of carbonyl (C=O) groups is 1. The summed E-state index contributed by atoms with van der Waals surface area (Å²) in [6, 6.07) is 12.3. The number of ether oxygens (including phenoxy) is 3. The maximum absolute atomic E-state index is 14.5. The number of methoxy groups -OCH3 is 2. The minimum atomic E-state index is -0.636. The van der Waals surface area contributed by atoms with Gasteiger partial charge in [-0.2, -0.15) is 0 Å². The van der Waals surface area contributed by atoms with E-state index in [0.717, 1.165) is 56.1 Å². The number of fused-ring (bicyclic) bond motifs is 3. The number of aliphatic imine (C=N–C) groups is 1. The van der Waals surface area contributed by atoms with Crippen LogP contribution >= 0.6 is 0 Å². The number of likely N-dealkylation sites (N-methyl/N-ethyl adjacent to an activating group) is 1. The summed E-state index contributed by atoms with van der Waals surface area (Å²) >= 11 is 0. The minimum absolute atomic E-state index is 0.0185. The van der Waals surface area contributed by atoms with Gasteiger partial charge in [0.25, 0.3) is 0 Å². The third kappa shape index (κ3) is 9.05. The Balaban J connectivity index is 1.53. The molecule has 52 heavy (non-hydrogen) atoms. The lowest BCUT2D eigenvalue weighted by Gasteiger charge is -2.33. The van der Waals surface area contributed by atoms with Crippen LogP contribution < -0.4 is 25.4 Å². The average molecular weight is 715 g/mol. The first-order chi connectivity index (χ1) is 25.0. The second kappa shape index (κ2) is 17.5. The van der Waals surface area contributed by atoms with E-state index in [1.54, 1.807) is 20.2 Å². The van der Waals surface area contributed by atoms with E-state index < -0.39 is 11.0 Å². The van der Waals surface area contributed by atoms with Crippen molar-refractivity contribution in [1.29, 1.82) is 0 Å². The van der Waals surface area contributed by atoms with E-state index in [0.29, 0.717) is 61.5 Å². The van der Waals surface area contributed by atoms with Crippen LogP contribution in [0.4, 0.5) is 5.69 Å². The number of hydrogen-bond donors (Lipinski definition) is 5. The Hall–Kier alpha value is -4.20. The molecule has 0 aromatic heterocycles. The SMILES string of the molecule is CN=C1NC#CC[C@@H]2CCC[C@@]2(Cc2ccc(O)c(OC)c2)C(=O)C=C[C@@H](C(C)C)Cc2cc(c(O)c(O[C@@]3(CNC)CC[C@H](CCOC)C3)c2)N1. The van der Waals surface area contributed by atoms with Gasteiger partial charge in [0.2, 0.25) is 5.96 Å². The molecular weight excluding hydrogens is 656 g/mol. The number of guanidine groups is 1. The third-order valence-corrected chi connectivity index (χ3v) is 11.5. The Bertz CT molecular complexity index is 1680. The minimum Gasteiger partial charge on any atom is -0.504 e. The van der Waals surface area contributed by atoms with Gasteiger partial charge in [-0.25, -0.2) is 0 Å². The van der Waals surface area contributed by atoms with Crippen molar-refractivity contribution in [1.82, 2.24) is 10.6 Å². The van der Waals surface area contributed by atoms with Gasteiger partial charge in [-0.15, -0.1) is 0 Å². The number of anilines is 1. The van der Waals surface area contributed by atoms with Crippen LogP contribution in [0.25, 0.3) is 0 Å². The highest BCUT2D eigenvalue weighted by Gasteiger charge is 2.47. The fraction of sp³-hybridized carbons (Fsp3) is 0.571. The number of nitrogens with one attached hydrogen (secondary N) is 3. The van der Waals surface area contributed by atoms with Crippen molar-refractivity contribution in [2.75, 3.05) is 46.8 Å². The lowest BCUT2D eigenvalue weighted by molar-refractivity contribution is -0.125. The number of ketones is 1. The molecule has 0 unspecified atom stereocenters. The van der Waals surface area contributed by atoms with E-state index in [1.807, 2.05) is 37.4 Å². The van der Waals surface area contributed by atoms with Crippen molar-refractivity contribution in [2.24, 2.45) is 34.1 Å². The number of phenols is 2. The van der Waals surface area contributed by atoms with Gasteiger partial charge in [-0.05, 0) is 124 Å². The van der Waals surface area contributed by atoms with Crippen molar-refractivity contribution >= 4 is 17.4 Å². The van der Waals surface area contributed by atoms with E-state index in [4.69, 9.17) is 14.2 Å². The second-order valence-electron chi connectivity index (χ2n) is 15.3. The van der Waals surface area contributed by atoms with Crippen LogP contribution in [0.3, 0.4) is 0 Å². The van der Waals surface area contributed by atoms with Gasteiger partial charge in [0.15, 0.2) is 28.8 Å². The van der Waals surface area contributed by atoms with Gasteiger partial charge in [0.05, 0.1) is 12.8 Å². The molecule has 5 rings (SSSR count). The number of carbonyl (C=O) groups excluding carboxylic acids is 1. The molecule has 10 heteroatoms. The first-order valence-corrected chi connectivity index (χ1v) is 18.8. The Morgan fingerprint density at radius 3 is 2.67 bits per heavy atom. The molecule has 282 valence electrons. The lowest BCUT2D eigenvalue weighted by Crippen LogP contribution is -2.42. The van der Waals surface area contributed by atoms with E-state index in [-0.39, 0.29) is 35.0 Å². The molecule has 5 atom stereocenters. The molecule has 2 aromatic carbocycles. The van der Waals surface area contributed by atoms with Gasteiger partial charge in [0.1, 0.15) is 5.60 Å². The van der Waals surface area contributed by atoms with Crippen molar-refractivity contribution in [3.8, 4) is 35.0 Å². The van der Waals surface area contributed by atoms with Crippen molar-refractivity contribution in [3.05, 3.63) is 53.6 Å². The summed E-state index contributed by atoms with van der Waals surface area (Å²) in [7, 11) is 6.87. The van der Waals surface area contributed by atoms with Crippen molar-refractivity contribution in [3.63, 3.8) is 0 Å². The van der Waals surface area contributed by atoms with Gasteiger partial charge < -0.3 is 35.1 Å². The fourth-order valence-corrected chi connectivity index (χ4v) is 8.53. The highest BCUT2D eigenvalue weighted by Crippen LogP contribution is 2.49. The molecule has 5 N–H and O–H groups in total. The predicted molar refractivity (Wildman–Crippen MR) is 206 cm³/mol. The van der Waals surface area contributed by atoms with Crippen molar-refractivity contribution < 1.29 is 29.2 Å². The Kier molecular flexibility index (Phi) is 13.2. The molecule has 1 heterocycles. The summed E-state index contributed by atoms with van der Waals surface area (Å²) in [5.41, 5.74) is 1.28. The highest BCUT2D eigenvalue weighted by molar-refractivity contribution is 5.97. The predicted octanol–water partition coefficient (Wildman–Crippen LogP) is 6.60. The first-order valence-electron chi connectivity index (χ1n) is 18.8. The molecule has 2 aromatic rings. The van der Waals surface area contributed by atoms with E-state index in [9.17, 15) is 15.0 Å². The van der Waals surface area contributed by atoms with E-state index in [2.05, 4.69) is 52.8 Å². The first kappa shape index (κ1) is 39.0. The fourth-order valence-electron chi connectivity index (χ4n) is 8.53. The van der Waals surface area contributed by atoms with Crippen LogP contribution in [-0.4, -0.2) is 69.0 Å². The summed E-state index contributed by atoms with van der Waals surface area (Å²) in [6.07, 6.45) is 11.9. The van der Waals surface area contributed by atoms with E-state index in [1.165, 1.54) is 7.11 Å². The zero-order valence-electron chi connectivity index (χ0n) is 31.8. The quantitative estimate of drug-likeness (QED) is 0.129. The Morgan fingerprint density at radius 2 is 1.94 bits per heavy atom. The van der Waals surface area contributed by atoms with Gasteiger partial charge in [0, 0.05) is 45.2 Å². The van der Waals surface area contributed by atoms with Crippen LogP contribution in [-0.2, 0) is 22.4 Å². The Labute approximate surface area is 309 Å². The number of rotatable bonds is 11. The van der Waals surface area contributed by atoms with Gasteiger partial charge in [-0.1, -0.05) is 38.3 Å². The number of hydrogen-bond acceptors (Lipinski definition) is 8. The second-order valence-corrected chi connectivity index (χ2v) is 15.3. The van der Waals surface area contributed by atoms with Gasteiger partial charge >= 0.3 is 0 Å². The normalized spacial score (nSPS) is 27.1. The number of phenolic OH excluding ortho intramolecular Hbond substituents is 2. The molecule has 10 nitrogen and oxygen atoms in total. The molecular formula is C42H58N4O6. The summed E-state index contributed by atoms with van der Waals surface area (Å²) < 4.78 is 17.6. The highest BCUT2D eigenvalue weighted by atomic mass is 16.5. The zero-order chi connectivity index (χ0) is 37.3. The third-order valence-electron chi connectivity index (χ3n) is 11.5. The van der Waals surface area contributed by atoms with E-state index >= 15 is 0 Å². The van der Waals surface area contributed by atoms with Crippen LogP contribution in [0.2, 0.25) is 0 Å². The molecule has 0 radical (unpaired) electrons. The number of benzene rings is 2. The maximum atomic E-state index is 14.5. The molecule has 2 fully saturated rings. The number of nitrogens with zero attached hydrogens (tertiary/aromatic N) is 1. The summed E-state index contributed by atoms with van der Waals surface area (Å²) in [5, 5.41) is 31.7. The number of aromatic hydroxyl groups is 2. The maximum Gasteiger partial charge on any atom is 0.207 e. The molecule has 0 amide bonds. The number of allylic oxidation sites excluding steroid dienone is 2. The monoisotopic (exact) mass is 714 g/mol. The van der Waals surface area contributed by atoms with Crippen LogP contribution in [0.15, 0.2) is 47.5 Å². The molecule has 0 spiro atoms. The largest absolute Gasteiger partial charge is 0.504 e. The van der Waals surface area contributed by atoms with Crippen LogP contribution in [0, 0.1) is 41.1 Å². The van der Waals surface area contributed by atoms with Crippen molar-refractivity contribution in [2.45, 2.75) is 83.7 Å². The topological polar surface area (TPSA) is 134 Å². The van der Waals surface area contributed by atoms with Crippen LogP contribution in [0.5, 0.6) is 23.0 Å². The molecule has 2 bridgehead atoms. The molecule has 0 saturated heterocycles. The Morgan fingerprint density at radius 1 is 1.12 bits per heavy atom. The van der Waals surface area contributed by atoms with Crippen LogP contribution in [0.1, 0.15) is 76.3 Å².